The Balaban J connectivity index is 2.73. The topological polar surface area (TPSA) is 52.3 Å². The van der Waals surface area contributed by atoms with E-state index in [1.54, 1.807) is 12.1 Å². The summed E-state index contributed by atoms with van der Waals surface area (Å²) in [4.78, 5) is 11.9. The summed E-state index contributed by atoms with van der Waals surface area (Å²) < 4.78 is 5.55. The molecule has 0 fully saturated rings. The fourth-order valence-electron chi connectivity index (χ4n) is 1.52. The van der Waals surface area contributed by atoms with Crippen LogP contribution in [-0.2, 0) is 0 Å². The predicted octanol–water partition coefficient (Wildman–Crippen LogP) is 2.78. The van der Waals surface area contributed by atoms with E-state index in [0.29, 0.717) is 12.0 Å². The summed E-state index contributed by atoms with van der Waals surface area (Å²) in [6.45, 7) is 5.90. The number of ketones is 1. The lowest BCUT2D eigenvalue weighted by Crippen LogP contribution is -2.22. The first-order chi connectivity index (χ1) is 8.02. The minimum atomic E-state index is -0.0582. The molecule has 94 valence electrons. The minimum Gasteiger partial charge on any atom is -0.491 e. The Kier molecular flexibility index (Phi) is 5.16. The average Bonchev–Trinajstić information content (AvgIpc) is 2.28. The van der Waals surface area contributed by atoms with Gasteiger partial charge >= 0.3 is 0 Å². The lowest BCUT2D eigenvalue weighted by atomic mass is 10.0. The van der Waals surface area contributed by atoms with E-state index in [1.165, 1.54) is 0 Å². The standard InChI is InChI=1S/C14H21NO2/c1-4-12(15)9-14(16)11-6-5-7-13(8-11)17-10(2)3/h5-8,10,12H,4,9,15H2,1-3H3. The van der Waals surface area contributed by atoms with Crippen molar-refractivity contribution in [3.8, 4) is 5.75 Å². The second kappa shape index (κ2) is 6.40. The molecule has 1 unspecified atom stereocenters. The van der Waals surface area contributed by atoms with Crippen LogP contribution in [-0.4, -0.2) is 17.9 Å². The molecule has 0 aliphatic heterocycles. The fourth-order valence-corrected chi connectivity index (χ4v) is 1.52. The van der Waals surface area contributed by atoms with Crippen LogP contribution in [0.25, 0.3) is 0 Å². The van der Waals surface area contributed by atoms with Crippen molar-refractivity contribution in [1.82, 2.24) is 0 Å². The van der Waals surface area contributed by atoms with Crippen LogP contribution in [0, 0.1) is 0 Å². The van der Waals surface area contributed by atoms with Crippen molar-refractivity contribution in [3.63, 3.8) is 0 Å². The maximum Gasteiger partial charge on any atom is 0.164 e. The summed E-state index contributed by atoms with van der Waals surface area (Å²) in [5, 5.41) is 0. The van der Waals surface area contributed by atoms with Crippen LogP contribution in [0.15, 0.2) is 24.3 Å². The van der Waals surface area contributed by atoms with E-state index in [-0.39, 0.29) is 17.9 Å². The van der Waals surface area contributed by atoms with Crippen LogP contribution < -0.4 is 10.5 Å². The highest BCUT2D eigenvalue weighted by Crippen LogP contribution is 2.16. The third-order valence-corrected chi connectivity index (χ3v) is 2.50. The number of benzene rings is 1. The van der Waals surface area contributed by atoms with Crippen LogP contribution in [0.1, 0.15) is 44.0 Å². The Hall–Kier alpha value is -1.35. The highest BCUT2D eigenvalue weighted by Gasteiger charge is 2.11. The summed E-state index contributed by atoms with van der Waals surface area (Å²) in [6.07, 6.45) is 1.31. The highest BCUT2D eigenvalue weighted by atomic mass is 16.5. The molecule has 17 heavy (non-hydrogen) atoms. The Morgan fingerprint density at radius 3 is 2.71 bits per heavy atom. The van der Waals surface area contributed by atoms with Gasteiger partial charge in [-0.05, 0) is 32.4 Å². The summed E-state index contributed by atoms with van der Waals surface area (Å²) in [7, 11) is 0. The SMILES string of the molecule is CCC(N)CC(=O)c1cccc(OC(C)C)c1. The normalized spacial score (nSPS) is 12.5. The molecule has 0 heterocycles. The lowest BCUT2D eigenvalue weighted by Gasteiger charge is -2.11. The average molecular weight is 235 g/mol. The number of carbonyl (C=O) groups excluding carboxylic acids is 1. The summed E-state index contributed by atoms with van der Waals surface area (Å²) in [5.41, 5.74) is 6.45. The van der Waals surface area contributed by atoms with Gasteiger partial charge in [0.05, 0.1) is 6.10 Å². The number of Topliss-reactive ketones (excluding diaryl/α,β-unsaturated/α-hetero) is 1. The molecule has 0 bridgehead atoms. The second-order valence-corrected chi connectivity index (χ2v) is 4.49. The van der Waals surface area contributed by atoms with Crippen LogP contribution in [0.3, 0.4) is 0 Å². The summed E-state index contributed by atoms with van der Waals surface area (Å²) >= 11 is 0. The highest BCUT2D eigenvalue weighted by molar-refractivity contribution is 5.96. The van der Waals surface area contributed by atoms with Crippen molar-refractivity contribution in [3.05, 3.63) is 29.8 Å². The monoisotopic (exact) mass is 235 g/mol. The van der Waals surface area contributed by atoms with Crippen molar-refractivity contribution < 1.29 is 9.53 Å². The number of rotatable bonds is 6. The van der Waals surface area contributed by atoms with E-state index in [0.717, 1.165) is 12.2 Å². The summed E-state index contributed by atoms with van der Waals surface area (Å²) in [5.74, 6) is 0.810. The molecule has 0 aromatic heterocycles. The molecule has 0 spiro atoms. The Morgan fingerprint density at radius 2 is 2.12 bits per heavy atom. The molecule has 0 aliphatic rings. The third-order valence-electron chi connectivity index (χ3n) is 2.50. The molecule has 1 atom stereocenters. The van der Waals surface area contributed by atoms with Gasteiger partial charge in [-0.1, -0.05) is 19.1 Å². The zero-order valence-electron chi connectivity index (χ0n) is 10.8. The van der Waals surface area contributed by atoms with Crippen molar-refractivity contribution in [2.24, 2.45) is 5.73 Å². The van der Waals surface area contributed by atoms with E-state index in [4.69, 9.17) is 10.5 Å². The number of hydrogen-bond donors (Lipinski definition) is 1. The molecule has 0 saturated carbocycles. The van der Waals surface area contributed by atoms with Gasteiger partial charge in [0.2, 0.25) is 0 Å². The fraction of sp³-hybridized carbons (Fsp3) is 0.500. The number of hydrogen-bond acceptors (Lipinski definition) is 3. The molecule has 1 aromatic carbocycles. The van der Waals surface area contributed by atoms with Gasteiger partial charge in [0.15, 0.2) is 5.78 Å². The van der Waals surface area contributed by atoms with Crippen molar-refractivity contribution in [1.29, 1.82) is 0 Å². The zero-order valence-corrected chi connectivity index (χ0v) is 10.8. The van der Waals surface area contributed by atoms with Crippen molar-refractivity contribution in [2.45, 2.75) is 45.8 Å². The first-order valence-electron chi connectivity index (χ1n) is 6.08. The molecule has 1 aromatic rings. The van der Waals surface area contributed by atoms with E-state index < -0.39 is 0 Å². The van der Waals surface area contributed by atoms with Gasteiger partial charge in [0.1, 0.15) is 5.75 Å². The number of ether oxygens (including phenoxy) is 1. The van der Waals surface area contributed by atoms with Crippen molar-refractivity contribution >= 4 is 5.78 Å². The molecule has 0 saturated heterocycles. The van der Waals surface area contributed by atoms with Gasteiger partial charge in [-0.2, -0.15) is 0 Å². The van der Waals surface area contributed by atoms with Crippen LogP contribution >= 0.6 is 0 Å². The zero-order chi connectivity index (χ0) is 12.8. The van der Waals surface area contributed by atoms with Gasteiger partial charge in [-0.3, -0.25) is 4.79 Å². The second-order valence-electron chi connectivity index (χ2n) is 4.49. The predicted molar refractivity (Wildman–Crippen MR) is 69.4 cm³/mol. The molecule has 1 rings (SSSR count). The summed E-state index contributed by atoms with van der Waals surface area (Å²) in [6, 6.07) is 7.22. The largest absolute Gasteiger partial charge is 0.491 e. The molecule has 0 aliphatic carbocycles. The first kappa shape index (κ1) is 13.7. The maximum absolute atomic E-state index is 11.9. The number of carbonyl (C=O) groups is 1. The lowest BCUT2D eigenvalue weighted by molar-refractivity contribution is 0.0973. The molecular formula is C14H21NO2. The molecule has 3 heteroatoms. The third kappa shape index (κ3) is 4.57. The van der Waals surface area contributed by atoms with Gasteiger partial charge < -0.3 is 10.5 Å². The molecule has 2 N–H and O–H groups in total. The Morgan fingerprint density at radius 1 is 1.41 bits per heavy atom. The van der Waals surface area contributed by atoms with Crippen LogP contribution in [0.2, 0.25) is 0 Å². The van der Waals surface area contributed by atoms with Crippen molar-refractivity contribution in [2.75, 3.05) is 0 Å². The van der Waals surface area contributed by atoms with Gasteiger partial charge in [0.25, 0.3) is 0 Å². The Labute approximate surface area is 103 Å². The van der Waals surface area contributed by atoms with Crippen LogP contribution in [0.5, 0.6) is 5.75 Å². The molecule has 0 radical (unpaired) electrons. The molecule has 0 amide bonds. The first-order valence-corrected chi connectivity index (χ1v) is 6.08. The maximum atomic E-state index is 11.9. The molecular weight excluding hydrogens is 214 g/mol. The van der Waals surface area contributed by atoms with Gasteiger partial charge in [0, 0.05) is 18.0 Å². The van der Waals surface area contributed by atoms with E-state index in [1.807, 2.05) is 32.9 Å². The van der Waals surface area contributed by atoms with E-state index in [2.05, 4.69) is 0 Å². The smallest absolute Gasteiger partial charge is 0.164 e. The van der Waals surface area contributed by atoms with Gasteiger partial charge in [-0.25, -0.2) is 0 Å². The van der Waals surface area contributed by atoms with E-state index in [9.17, 15) is 4.79 Å². The molecule has 3 nitrogen and oxygen atoms in total. The minimum absolute atomic E-state index is 0.0582. The van der Waals surface area contributed by atoms with Crippen LogP contribution in [0.4, 0.5) is 0 Å². The quantitative estimate of drug-likeness (QED) is 0.771. The van der Waals surface area contributed by atoms with E-state index >= 15 is 0 Å². The Bertz CT molecular complexity index is 374. The van der Waals surface area contributed by atoms with Gasteiger partial charge in [-0.15, -0.1) is 0 Å². The number of nitrogens with two attached hydrogens (primary N) is 1.